The number of carbonyl (C=O) groups is 1. The smallest absolute Gasteiger partial charge is 0.225 e. The molecule has 2 N–H and O–H groups in total. The summed E-state index contributed by atoms with van der Waals surface area (Å²) in [5.41, 5.74) is -0.903. The van der Waals surface area contributed by atoms with Gasteiger partial charge >= 0.3 is 0 Å². The summed E-state index contributed by atoms with van der Waals surface area (Å²) in [6.07, 6.45) is 0.164. The molecule has 0 aromatic carbocycles. The van der Waals surface area contributed by atoms with E-state index in [1.54, 1.807) is 0 Å². The number of aliphatic hydroxyl groups excluding tert-OH is 1. The first-order valence-corrected chi connectivity index (χ1v) is 4.85. The highest BCUT2D eigenvalue weighted by molar-refractivity contribution is 5.79. The quantitative estimate of drug-likeness (QED) is 0.584. The average molecular weight is 201 g/mol. The van der Waals surface area contributed by atoms with Crippen LogP contribution >= 0.6 is 0 Å². The molecule has 2 unspecified atom stereocenters. The number of amides is 1. The van der Waals surface area contributed by atoms with Crippen LogP contribution in [-0.2, 0) is 9.53 Å². The van der Waals surface area contributed by atoms with Crippen molar-refractivity contribution < 1.29 is 19.7 Å². The number of β-amino-alcohol motifs (C(OH)–C–C–N with tert-alkyl or cyclic N) is 2. The Labute approximate surface area is 82.3 Å². The van der Waals surface area contributed by atoms with Crippen LogP contribution in [0.2, 0.25) is 0 Å². The van der Waals surface area contributed by atoms with Gasteiger partial charge in [0.25, 0.3) is 0 Å². The van der Waals surface area contributed by atoms with Crippen LogP contribution in [0.4, 0.5) is 0 Å². The van der Waals surface area contributed by atoms with E-state index in [0.29, 0.717) is 19.6 Å². The van der Waals surface area contributed by atoms with E-state index in [0.717, 1.165) is 0 Å². The third kappa shape index (κ3) is 1.89. The zero-order chi connectivity index (χ0) is 10.2. The molecule has 5 heteroatoms. The third-order valence-electron chi connectivity index (χ3n) is 2.76. The summed E-state index contributed by atoms with van der Waals surface area (Å²) in [6.45, 7) is 1.44. The van der Waals surface area contributed by atoms with Gasteiger partial charge in [0.2, 0.25) is 5.91 Å². The Morgan fingerprint density at radius 1 is 1.64 bits per heavy atom. The maximum atomic E-state index is 11.3. The maximum Gasteiger partial charge on any atom is 0.225 e. The van der Waals surface area contributed by atoms with E-state index in [-0.39, 0.29) is 25.5 Å². The number of hydrogen-bond acceptors (Lipinski definition) is 4. The SMILES string of the molecule is O=C1CC(O)CN1CC1(O)CCOC1. The minimum Gasteiger partial charge on any atom is -0.391 e. The van der Waals surface area contributed by atoms with Crippen molar-refractivity contribution in [3.05, 3.63) is 0 Å². The summed E-state index contributed by atoms with van der Waals surface area (Å²) in [5.74, 6) is -0.0853. The van der Waals surface area contributed by atoms with E-state index >= 15 is 0 Å². The normalized spacial score (nSPS) is 38.3. The molecule has 0 radical (unpaired) electrons. The van der Waals surface area contributed by atoms with Crippen LogP contribution in [0, 0.1) is 0 Å². The van der Waals surface area contributed by atoms with Gasteiger partial charge in [0.05, 0.1) is 25.7 Å². The fraction of sp³-hybridized carbons (Fsp3) is 0.889. The zero-order valence-electron chi connectivity index (χ0n) is 7.98. The second-order valence-corrected chi connectivity index (χ2v) is 4.16. The number of ether oxygens (including phenoxy) is 1. The standard InChI is InChI=1S/C9H15NO4/c11-7-3-8(12)10(4-7)5-9(13)1-2-14-6-9/h7,11,13H,1-6H2. The molecule has 0 aliphatic carbocycles. The first-order valence-electron chi connectivity index (χ1n) is 4.85. The van der Waals surface area contributed by atoms with Crippen LogP contribution in [0.25, 0.3) is 0 Å². The number of rotatable bonds is 2. The van der Waals surface area contributed by atoms with Crippen molar-refractivity contribution in [2.24, 2.45) is 0 Å². The lowest BCUT2D eigenvalue weighted by Crippen LogP contribution is -2.44. The Morgan fingerprint density at radius 2 is 2.43 bits per heavy atom. The van der Waals surface area contributed by atoms with Crippen LogP contribution in [0.3, 0.4) is 0 Å². The monoisotopic (exact) mass is 201 g/mol. The zero-order valence-corrected chi connectivity index (χ0v) is 7.98. The highest BCUT2D eigenvalue weighted by Crippen LogP contribution is 2.22. The number of likely N-dealkylation sites (tertiary alicyclic amines) is 1. The summed E-state index contributed by atoms with van der Waals surface area (Å²) in [7, 11) is 0. The predicted octanol–water partition coefficient (Wildman–Crippen LogP) is -1.27. The second-order valence-electron chi connectivity index (χ2n) is 4.16. The third-order valence-corrected chi connectivity index (χ3v) is 2.76. The Balaban J connectivity index is 1.93. The van der Waals surface area contributed by atoms with Crippen LogP contribution in [0.15, 0.2) is 0 Å². The van der Waals surface area contributed by atoms with E-state index in [9.17, 15) is 15.0 Å². The summed E-state index contributed by atoms with van der Waals surface area (Å²) < 4.78 is 5.08. The van der Waals surface area contributed by atoms with Crippen molar-refractivity contribution in [3.63, 3.8) is 0 Å². The van der Waals surface area contributed by atoms with E-state index in [1.165, 1.54) is 4.90 Å². The van der Waals surface area contributed by atoms with E-state index < -0.39 is 11.7 Å². The Kier molecular flexibility index (Phi) is 2.47. The number of carbonyl (C=O) groups excluding carboxylic acids is 1. The fourth-order valence-electron chi connectivity index (χ4n) is 1.98. The van der Waals surface area contributed by atoms with Gasteiger partial charge in [-0.1, -0.05) is 0 Å². The van der Waals surface area contributed by atoms with Gasteiger partial charge in [-0.05, 0) is 0 Å². The van der Waals surface area contributed by atoms with Gasteiger partial charge in [0.1, 0.15) is 5.60 Å². The Bertz CT molecular complexity index is 237. The predicted molar refractivity (Wildman–Crippen MR) is 47.6 cm³/mol. The van der Waals surface area contributed by atoms with Crippen LogP contribution in [0.1, 0.15) is 12.8 Å². The molecule has 0 spiro atoms. The molecular formula is C9H15NO4. The topological polar surface area (TPSA) is 70.0 Å². The van der Waals surface area contributed by atoms with Gasteiger partial charge in [-0.3, -0.25) is 4.79 Å². The van der Waals surface area contributed by atoms with Gasteiger partial charge in [-0.25, -0.2) is 0 Å². The van der Waals surface area contributed by atoms with Crippen molar-refractivity contribution in [2.45, 2.75) is 24.5 Å². The molecule has 2 saturated heterocycles. The molecule has 14 heavy (non-hydrogen) atoms. The van der Waals surface area contributed by atoms with E-state index in [1.807, 2.05) is 0 Å². The number of nitrogens with zero attached hydrogens (tertiary/aromatic N) is 1. The summed E-state index contributed by atoms with van der Waals surface area (Å²) in [6, 6.07) is 0. The molecule has 0 bridgehead atoms. The first-order chi connectivity index (χ1) is 6.59. The second kappa shape index (κ2) is 3.49. The van der Waals surface area contributed by atoms with Gasteiger partial charge in [0.15, 0.2) is 0 Å². The molecule has 2 aliphatic rings. The largest absolute Gasteiger partial charge is 0.391 e. The molecule has 0 aromatic heterocycles. The van der Waals surface area contributed by atoms with Crippen molar-refractivity contribution in [1.29, 1.82) is 0 Å². The maximum absolute atomic E-state index is 11.3. The van der Waals surface area contributed by atoms with Gasteiger partial charge < -0.3 is 19.8 Å². The summed E-state index contributed by atoms with van der Waals surface area (Å²) in [5, 5.41) is 19.2. The lowest BCUT2D eigenvalue weighted by molar-refractivity contribution is -0.131. The number of aliphatic hydroxyl groups is 2. The molecule has 1 amide bonds. The summed E-state index contributed by atoms with van der Waals surface area (Å²) in [4.78, 5) is 12.8. The van der Waals surface area contributed by atoms with Gasteiger partial charge in [-0.15, -0.1) is 0 Å². The fourth-order valence-corrected chi connectivity index (χ4v) is 1.98. The molecule has 2 atom stereocenters. The Morgan fingerprint density at radius 3 is 2.93 bits per heavy atom. The molecular weight excluding hydrogens is 186 g/mol. The van der Waals surface area contributed by atoms with Crippen LogP contribution < -0.4 is 0 Å². The number of hydrogen-bond donors (Lipinski definition) is 2. The lowest BCUT2D eigenvalue weighted by atomic mass is 10.0. The van der Waals surface area contributed by atoms with Crippen molar-refractivity contribution in [2.75, 3.05) is 26.3 Å². The first kappa shape index (κ1) is 9.89. The minimum absolute atomic E-state index is 0.0853. The highest BCUT2D eigenvalue weighted by atomic mass is 16.5. The molecule has 2 fully saturated rings. The lowest BCUT2D eigenvalue weighted by Gasteiger charge is -2.26. The van der Waals surface area contributed by atoms with E-state index in [4.69, 9.17) is 4.74 Å². The summed E-state index contributed by atoms with van der Waals surface area (Å²) >= 11 is 0. The molecule has 2 rings (SSSR count). The van der Waals surface area contributed by atoms with Crippen molar-refractivity contribution >= 4 is 5.91 Å². The van der Waals surface area contributed by atoms with E-state index in [2.05, 4.69) is 0 Å². The van der Waals surface area contributed by atoms with Crippen molar-refractivity contribution in [1.82, 2.24) is 4.90 Å². The minimum atomic E-state index is -0.903. The van der Waals surface area contributed by atoms with Gasteiger partial charge in [0, 0.05) is 19.6 Å². The average Bonchev–Trinajstić information content (AvgIpc) is 2.61. The Hall–Kier alpha value is -0.650. The van der Waals surface area contributed by atoms with Crippen molar-refractivity contribution in [3.8, 4) is 0 Å². The highest BCUT2D eigenvalue weighted by Gasteiger charge is 2.38. The molecule has 2 heterocycles. The van der Waals surface area contributed by atoms with Crippen LogP contribution in [0.5, 0.6) is 0 Å². The molecule has 0 aromatic rings. The van der Waals surface area contributed by atoms with Gasteiger partial charge in [-0.2, -0.15) is 0 Å². The molecule has 80 valence electrons. The molecule has 2 aliphatic heterocycles. The molecule has 0 saturated carbocycles. The van der Waals surface area contributed by atoms with Crippen LogP contribution in [-0.4, -0.2) is 59.0 Å². The molecule has 5 nitrogen and oxygen atoms in total.